The predicted molar refractivity (Wildman–Crippen MR) is 60.9 cm³/mol. The van der Waals surface area contributed by atoms with Gasteiger partial charge in [0.1, 0.15) is 5.41 Å². The number of hydrogen-bond donors (Lipinski definition) is 1. The molecule has 0 unspecified atom stereocenters. The SMILES string of the molecule is CC1(C)C(=O)NN(c2ccc(Cl)cc2)C1=O. The van der Waals surface area contributed by atoms with Crippen LogP contribution in [-0.4, -0.2) is 11.8 Å². The van der Waals surface area contributed by atoms with Gasteiger partial charge in [0, 0.05) is 5.02 Å². The van der Waals surface area contributed by atoms with Crippen LogP contribution in [0.3, 0.4) is 0 Å². The maximum atomic E-state index is 11.9. The van der Waals surface area contributed by atoms with E-state index in [-0.39, 0.29) is 11.8 Å². The van der Waals surface area contributed by atoms with E-state index >= 15 is 0 Å². The molecule has 0 radical (unpaired) electrons. The number of nitrogens with zero attached hydrogens (tertiary/aromatic N) is 1. The summed E-state index contributed by atoms with van der Waals surface area (Å²) in [5.74, 6) is -0.563. The number of carbonyl (C=O) groups excluding carboxylic acids is 2. The summed E-state index contributed by atoms with van der Waals surface area (Å²) < 4.78 is 0. The lowest BCUT2D eigenvalue weighted by atomic mass is 9.93. The van der Waals surface area contributed by atoms with Gasteiger partial charge >= 0.3 is 0 Å². The fraction of sp³-hybridized carbons (Fsp3) is 0.273. The van der Waals surface area contributed by atoms with Crippen LogP contribution in [0, 0.1) is 5.41 Å². The summed E-state index contributed by atoms with van der Waals surface area (Å²) in [6, 6.07) is 6.70. The van der Waals surface area contributed by atoms with Crippen LogP contribution in [0.15, 0.2) is 24.3 Å². The Morgan fingerprint density at radius 2 is 1.75 bits per heavy atom. The maximum Gasteiger partial charge on any atom is 0.260 e. The third-order valence-electron chi connectivity index (χ3n) is 2.60. The van der Waals surface area contributed by atoms with E-state index in [1.165, 1.54) is 5.01 Å². The lowest BCUT2D eigenvalue weighted by Gasteiger charge is -2.16. The van der Waals surface area contributed by atoms with Gasteiger partial charge < -0.3 is 0 Å². The Balaban J connectivity index is 2.35. The van der Waals surface area contributed by atoms with Crippen LogP contribution in [0.2, 0.25) is 5.02 Å². The predicted octanol–water partition coefficient (Wildman–Crippen LogP) is 1.74. The zero-order valence-corrected chi connectivity index (χ0v) is 9.71. The van der Waals surface area contributed by atoms with Gasteiger partial charge in [-0.3, -0.25) is 15.0 Å². The Labute approximate surface area is 98.2 Å². The first-order chi connectivity index (χ1) is 7.43. The first kappa shape index (κ1) is 11.0. The van der Waals surface area contributed by atoms with E-state index in [1.807, 2.05) is 0 Å². The molecular formula is C11H11ClN2O2. The van der Waals surface area contributed by atoms with Crippen molar-refractivity contribution in [2.45, 2.75) is 13.8 Å². The Morgan fingerprint density at radius 1 is 1.19 bits per heavy atom. The highest BCUT2D eigenvalue weighted by Crippen LogP contribution is 2.28. The number of anilines is 1. The normalized spacial score (nSPS) is 18.8. The molecule has 0 aromatic heterocycles. The third-order valence-corrected chi connectivity index (χ3v) is 2.86. The van der Waals surface area contributed by atoms with Crippen molar-refractivity contribution in [3.63, 3.8) is 0 Å². The lowest BCUT2D eigenvalue weighted by molar-refractivity contribution is -0.133. The van der Waals surface area contributed by atoms with Gasteiger partial charge in [0.2, 0.25) is 0 Å². The highest BCUT2D eigenvalue weighted by Gasteiger charge is 2.47. The molecule has 1 aromatic carbocycles. The third kappa shape index (κ3) is 1.55. The molecule has 1 aliphatic rings. The second-order valence-electron chi connectivity index (χ2n) is 4.18. The zero-order chi connectivity index (χ0) is 11.9. The van der Waals surface area contributed by atoms with E-state index in [0.717, 1.165) is 0 Å². The zero-order valence-electron chi connectivity index (χ0n) is 8.95. The molecule has 0 saturated carbocycles. The molecule has 1 aliphatic heterocycles. The molecule has 1 fully saturated rings. The van der Waals surface area contributed by atoms with Gasteiger partial charge in [0.15, 0.2) is 0 Å². The Morgan fingerprint density at radius 3 is 2.19 bits per heavy atom. The van der Waals surface area contributed by atoms with Crippen molar-refractivity contribution in [3.05, 3.63) is 29.3 Å². The molecule has 0 atom stereocenters. The highest BCUT2D eigenvalue weighted by atomic mass is 35.5. The molecule has 2 amide bonds. The Hall–Kier alpha value is -1.55. The van der Waals surface area contributed by atoms with E-state index in [9.17, 15) is 9.59 Å². The number of amides is 2. The summed E-state index contributed by atoms with van der Waals surface area (Å²) in [7, 11) is 0. The summed E-state index contributed by atoms with van der Waals surface area (Å²) in [5, 5.41) is 1.83. The fourth-order valence-corrected chi connectivity index (χ4v) is 1.57. The number of hydrogen-bond acceptors (Lipinski definition) is 2. The van der Waals surface area contributed by atoms with Crippen molar-refractivity contribution >= 4 is 29.1 Å². The first-order valence-corrected chi connectivity index (χ1v) is 5.22. The van der Waals surface area contributed by atoms with E-state index in [2.05, 4.69) is 5.43 Å². The largest absolute Gasteiger partial charge is 0.272 e. The minimum atomic E-state index is -1.01. The topological polar surface area (TPSA) is 49.4 Å². The van der Waals surface area contributed by atoms with Crippen LogP contribution in [0.1, 0.15) is 13.8 Å². The van der Waals surface area contributed by atoms with E-state index in [1.54, 1.807) is 38.1 Å². The van der Waals surface area contributed by atoms with Crippen LogP contribution in [-0.2, 0) is 9.59 Å². The van der Waals surface area contributed by atoms with Crippen LogP contribution in [0.4, 0.5) is 5.69 Å². The van der Waals surface area contributed by atoms with Crippen molar-refractivity contribution in [1.82, 2.24) is 5.43 Å². The summed E-state index contributed by atoms with van der Waals surface area (Å²) in [4.78, 5) is 23.5. The minimum Gasteiger partial charge on any atom is -0.272 e. The molecule has 4 nitrogen and oxygen atoms in total. The fourth-order valence-electron chi connectivity index (χ4n) is 1.44. The van der Waals surface area contributed by atoms with Gasteiger partial charge in [-0.15, -0.1) is 0 Å². The second kappa shape index (κ2) is 3.49. The van der Waals surface area contributed by atoms with E-state index < -0.39 is 5.41 Å². The molecule has 1 aromatic rings. The number of nitrogens with one attached hydrogen (secondary N) is 1. The molecule has 1 saturated heterocycles. The molecule has 0 bridgehead atoms. The molecule has 1 heterocycles. The highest BCUT2D eigenvalue weighted by molar-refractivity contribution is 6.30. The van der Waals surface area contributed by atoms with Gasteiger partial charge in [-0.2, -0.15) is 0 Å². The number of rotatable bonds is 1. The second-order valence-corrected chi connectivity index (χ2v) is 4.62. The molecular weight excluding hydrogens is 228 g/mol. The molecule has 0 spiro atoms. The van der Waals surface area contributed by atoms with Gasteiger partial charge in [-0.1, -0.05) is 11.6 Å². The smallest absolute Gasteiger partial charge is 0.260 e. The van der Waals surface area contributed by atoms with Crippen molar-refractivity contribution in [1.29, 1.82) is 0 Å². The first-order valence-electron chi connectivity index (χ1n) is 4.84. The van der Waals surface area contributed by atoms with Crippen molar-refractivity contribution < 1.29 is 9.59 Å². The number of benzene rings is 1. The summed E-state index contributed by atoms with van der Waals surface area (Å²) in [5.41, 5.74) is 2.12. The Bertz CT molecular complexity index is 454. The van der Waals surface area contributed by atoms with Crippen molar-refractivity contribution in [2.75, 3.05) is 5.01 Å². The monoisotopic (exact) mass is 238 g/mol. The molecule has 84 valence electrons. The van der Waals surface area contributed by atoms with Crippen LogP contribution < -0.4 is 10.4 Å². The summed E-state index contributed by atoms with van der Waals surface area (Å²) >= 11 is 5.75. The standard InChI is InChI=1S/C11H11ClN2O2/c1-11(2)9(15)13-14(10(11)16)8-5-3-7(12)4-6-8/h3-6H,1-2H3,(H,13,15). The van der Waals surface area contributed by atoms with E-state index in [4.69, 9.17) is 11.6 Å². The van der Waals surface area contributed by atoms with Gasteiger partial charge in [0.25, 0.3) is 11.8 Å². The molecule has 5 heteroatoms. The van der Waals surface area contributed by atoms with Gasteiger partial charge in [0.05, 0.1) is 5.69 Å². The molecule has 1 N–H and O–H groups in total. The van der Waals surface area contributed by atoms with Crippen LogP contribution in [0.25, 0.3) is 0 Å². The molecule has 16 heavy (non-hydrogen) atoms. The average Bonchev–Trinajstić information content (AvgIpc) is 2.44. The number of halogens is 1. The summed E-state index contributed by atoms with van der Waals surface area (Å²) in [6.45, 7) is 3.20. The van der Waals surface area contributed by atoms with Crippen LogP contribution in [0.5, 0.6) is 0 Å². The van der Waals surface area contributed by atoms with Crippen molar-refractivity contribution in [3.8, 4) is 0 Å². The van der Waals surface area contributed by atoms with E-state index in [0.29, 0.717) is 10.7 Å². The van der Waals surface area contributed by atoms with Gasteiger partial charge in [-0.25, -0.2) is 5.01 Å². The minimum absolute atomic E-state index is 0.264. The average molecular weight is 239 g/mol. The van der Waals surface area contributed by atoms with Crippen molar-refractivity contribution in [2.24, 2.45) is 5.41 Å². The lowest BCUT2D eigenvalue weighted by Crippen LogP contribution is -2.36. The molecule has 0 aliphatic carbocycles. The summed E-state index contributed by atoms with van der Waals surface area (Å²) in [6.07, 6.45) is 0. The number of hydrazine groups is 1. The van der Waals surface area contributed by atoms with Gasteiger partial charge in [-0.05, 0) is 38.1 Å². The quantitative estimate of drug-likeness (QED) is 0.758. The maximum absolute atomic E-state index is 11.9. The molecule has 2 rings (SSSR count). The Kier molecular flexibility index (Phi) is 2.39. The number of carbonyl (C=O) groups is 2. The van der Waals surface area contributed by atoms with Crippen LogP contribution >= 0.6 is 11.6 Å².